The molecule has 0 unspecified atom stereocenters. The maximum Gasteiger partial charge on any atom is 0.162 e. The van der Waals surface area contributed by atoms with Crippen LogP contribution >= 0.6 is 11.6 Å². The summed E-state index contributed by atoms with van der Waals surface area (Å²) < 4.78 is 14.0. The molecule has 3 heterocycles. The Kier molecular flexibility index (Phi) is 4.51. The Hall–Kier alpha value is -3.65. The molecule has 0 radical (unpaired) electrons. The zero-order valence-corrected chi connectivity index (χ0v) is 17.4. The Morgan fingerprint density at radius 1 is 1.00 bits per heavy atom. The minimum absolute atomic E-state index is 0.351. The van der Waals surface area contributed by atoms with Gasteiger partial charge in [0.15, 0.2) is 11.5 Å². The van der Waals surface area contributed by atoms with Crippen molar-refractivity contribution < 1.29 is 4.39 Å². The third-order valence-corrected chi connectivity index (χ3v) is 5.29. The summed E-state index contributed by atoms with van der Waals surface area (Å²) >= 11 is 6.41. The lowest BCUT2D eigenvalue weighted by atomic mass is 9.94. The zero-order chi connectivity index (χ0) is 21.6. The average Bonchev–Trinajstić information content (AvgIpc) is 3.23. The van der Waals surface area contributed by atoms with Crippen molar-refractivity contribution in [3.63, 3.8) is 0 Å². The first-order valence-corrected chi connectivity index (χ1v) is 9.95. The highest BCUT2D eigenvalue weighted by Crippen LogP contribution is 2.35. The van der Waals surface area contributed by atoms with Crippen molar-refractivity contribution in [2.45, 2.75) is 19.4 Å². The van der Waals surface area contributed by atoms with Crippen molar-refractivity contribution in [2.24, 2.45) is 0 Å². The minimum atomic E-state index is -0.762. The van der Waals surface area contributed by atoms with Crippen LogP contribution in [0.4, 0.5) is 10.2 Å². The lowest BCUT2D eigenvalue weighted by Crippen LogP contribution is -2.31. The van der Waals surface area contributed by atoms with Gasteiger partial charge in [0.05, 0.1) is 33.8 Å². The summed E-state index contributed by atoms with van der Waals surface area (Å²) in [5.41, 5.74) is 3.43. The molecule has 3 aromatic heterocycles. The van der Waals surface area contributed by atoms with E-state index < -0.39 is 5.54 Å². The molecule has 0 atom stereocenters. The van der Waals surface area contributed by atoms with Crippen molar-refractivity contribution >= 4 is 39.6 Å². The highest BCUT2D eigenvalue weighted by Gasteiger charge is 2.29. The van der Waals surface area contributed by atoms with Gasteiger partial charge in [0.2, 0.25) is 0 Å². The molecule has 2 N–H and O–H groups in total. The predicted octanol–water partition coefficient (Wildman–Crippen LogP) is 5.10. The van der Waals surface area contributed by atoms with E-state index in [9.17, 15) is 4.39 Å². The van der Waals surface area contributed by atoms with E-state index >= 15 is 0 Å². The van der Waals surface area contributed by atoms with Gasteiger partial charge in [-0.1, -0.05) is 29.8 Å². The van der Waals surface area contributed by atoms with Crippen LogP contribution in [-0.4, -0.2) is 29.9 Å². The first-order valence-electron chi connectivity index (χ1n) is 9.57. The van der Waals surface area contributed by atoms with Gasteiger partial charge in [-0.2, -0.15) is 0 Å². The fourth-order valence-corrected chi connectivity index (χ4v) is 3.74. The SMILES string of the molecule is CC(C)(Nc1ncnc2[nH]cnc12)c1nc2c(Cl)cccc2nc1-c1cccc(F)c1. The first-order chi connectivity index (χ1) is 14.9. The van der Waals surface area contributed by atoms with E-state index in [-0.39, 0.29) is 5.82 Å². The van der Waals surface area contributed by atoms with E-state index in [2.05, 4.69) is 25.3 Å². The summed E-state index contributed by atoms with van der Waals surface area (Å²) in [6.07, 6.45) is 3.01. The normalized spacial score (nSPS) is 11.9. The fraction of sp³-hybridized carbons (Fsp3) is 0.136. The van der Waals surface area contributed by atoms with Crippen LogP contribution in [0, 0.1) is 5.82 Å². The van der Waals surface area contributed by atoms with Crippen LogP contribution < -0.4 is 5.32 Å². The van der Waals surface area contributed by atoms with Crippen molar-refractivity contribution in [1.29, 1.82) is 0 Å². The van der Waals surface area contributed by atoms with Crippen LogP contribution in [0.1, 0.15) is 19.5 Å². The number of para-hydroxylation sites is 1. The van der Waals surface area contributed by atoms with Gasteiger partial charge in [0.1, 0.15) is 23.2 Å². The third kappa shape index (κ3) is 3.44. The van der Waals surface area contributed by atoms with Crippen LogP contribution in [0.2, 0.25) is 5.02 Å². The molecular weight excluding hydrogens is 417 g/mol. The molecule has 31 heavy (non-hydrogen) atoms. The Labute approximate surface area is 181 Å². The lowest BCUT2D eigenvalue weighted by molar-refractivity contribution is 0.586. The van der Waals surface area contributed by atoms with E-state index in [1.165, 1.54) is 18.5 Å². The molecular formula is C22H17ClFN7. The quantitative estimate of drug-likeness (QED) is 0.409. The molecule has 0 spiro atoms. The van der Waals surface area contributed by atoms with E-state index in [1.807, 2.05) is 26.0 Å². The molecule has 2 aromatic carbocycles. The van der Waals surface area contributed by atoms with E-state index in [1.54, 1.807) is 24.5 Å². The molecule has 5 aromatic rings. The van der Waals surface area contributed by atoms with Crippen LogP contribution in [0.3, 0.4) is 0 Å². The number of hydrogen-bond acceptors (Lipinski definition) is 6. The second-order valence-corrected chi connectivity index (χ2v) is 8.02. The number of H-pyrrole nitrogens is 1. The summed E-state index contributed by atoms with van der Waals surface area (Å²) in [4.78, 5) is 25.5. The fourth-order valence-electron chi connectivity index (χ4n) is 3.53. The van der Waals surface area contributed by atoms with Gasteiger partial charge < -0.3 is 10.3 Å². The monoisotopic (exact) mass is 433 g/mol. The van der Waals surface area contributed by atoms with Gasteiger partial charge in [-0.25, -0.2) is 29.3 Å². The molecule has 0 fully saturated rings. The molecule has 0 aliphatic heterocycles. The van der Waals surface area contributed by atoms with Gasteiger partial charge in [-0.05, 0) is 38.1 Å². The summed E-state index contributed by atoms with van der Waals surface area (Å²) in [7, 11) is 0. The van der Waals surface area contributed by atoms with Gasteiger partial charge >= 0.3 is 0 Å². The third-order valence-electron chi connectivity index (χ3n) is 4.98. The molecule has 0 aliphatic rings. The number of benzene rings is 2. The lowest BCUT2D eigenvalue weighted by Gasteiger charge is -2.28. The zero-order valence-electron chi connectivity index (χ0n) is 16.7. The number of anilines is 1. The van der Waals surface area contributed by atoms with Crippen molar-refractivity contribution in [3.05, 3.63) is 71.7 Å². The number of fused-ring (bicyclic) bond motifs is 2. The van der Waals surface area contributed by atoms with Crippen molar-refractivity contribution in [1.82, 2.24) is 29.9 Å². The summed E-state index contributed by atoms with van der Waals surface area (Å²) in [6, 6.07) is 11.7. The Balaban J connectivity index is 1.72. The number of aromatic nitrogens is 6. The number of halogens is 2. The molecule has 0 bridgehead atoms. The molecule has 5 rings (SSSR count). The van der Waals surface area contributed by atoms with Gasteiger partial charge in [-0.3, -0.25) is 0 Å². The van der Waals surface area contributed by atoms with E-state index in [4.69, 9.17) is 21.6 Å². The maximum atomic E-state index is 14.0. The number of aromatic amines is 1. The second kappa shape index (κ2) is 7.24. The standard InChI is InChI=1S/C22H17ClFN7/c1-22(2,31-21-18-20(26-10-25-18)27-11-28-21)19-16(12-5-3-6-13(24)9-12)29-15-8-4-7-14(23)17(15)30-19/h3-11H,1-2H3,(H2,25,26,27,28,31). The van der Waals surface area contributed by atoms with Crippen LogP contribution in [0.5, 0.6) is 0 Å². The van der Waals surface area contributed by atoms with Crippen molar-refractivity contribution in [3.8, 4) is 11.3 Å². The number of rotatable bonds is 4. The average molecular weight is 434 g/mol. The summed E-state index contributed by atoms with van der Waals surface area (Å²) in [5, 5.41) is 3.89. The summed E-state index contributed by atoms with van der Waals surface area (Å²) in [5.74, 6) is 0.193. The second-order valence-electron chi connectivity index (χ2n) is 7.61. The molecule has 7 nitrogen and oxygen atoms in total. The summed E-state index contributed by atoms with van der Waals surface area (Å²) in [6.45, 7) is 3.90. The van der Waals surface area contributed by atoms with Crippen molar-refractivity contribution in [2.75, 3.05) is 5.32 Å². The number of imidazole rings is 1. The van der Waals surface area contributed by atoms with Crippen LogP contribution in [-0.2, 0) is 5.54 Å². The number of hydrogen-bond donors (Lipinski definition) is 2. The highest BCUT2D eigenvalue weighted by molar-refractivity contribution is 6.34. The minimum Gasteiger partial charge on any atom is -0.357 e. The van der Waals surface area contributed by atoms with Gasteiger partial charge in [-0.15, -0.1) is 0 Å². The first kappa shape index (κ1) is 19.3. The largest absolute Gasteiger partial charge is 0.357 e. The van der Waals surface area contributed by atoms with Gasteiger partial charge in [0, 0.05) is 5.56 Å². The highest BCUT2D eigenvalue weighted by atomic mass is 35.5. The molecule has 0 saturated carbocycles. The Bertz CT molecular complexity index is 1430. The molecule has 9 heteroatoms. The molecule has 154 valence electrons. The van der Waals surface area contributed by atoms with Gasteiger partial charge in [0.25, 0.3) is 0 Å². The van der Waals surface area contributed by atoms with E-state index in [0.717, 1.165) is 0 Å². The van der Waals surface area contributed by atoms with E-state index in [0.29, 0.717) is 50.0 Å². The number of nitrogens with one attached hydrogen (secondary N) is 2. The number of nitrogens with zero attached hydrogens (tertiary/aromatic N) is 5. The Morgan fingerprint density at radius 2 is 1.84 bits per heavy atom. The molecule has 0 saturated heterocycles. The molecule has 0 amide bonds. The Morgan fingerprint density at radius 3 is 2.68 bits per heavy atom. The smallest absolute Gasteiger partial charge is 0.162 e. The molecule has 0 aliphatic carbocycles. The maximum absolute atomic E-state index is 14.0. The predicted molar refractivity (Wildman–Crippen MR) is 118 cm³/mol. The van der Waals surface area contributed by atoms with Crippen LogP contribution in [0.25, 0.3) is 33.5 Å². The van der Waals surface area contributed by atoms with Crippen LogP contribution in [0.15, 0.2) is 55.1 Å². The topological polar surface area (TPSA) is 92.3 Å².